The van der Waals surface area contributed by atoms with Crippen molar-refractivity contribution >= 4 is 32.7 Å². The Labute approximate surface area is 106 Å². The monoisotopic (exact) mass is 298 g/mol. The van der Waals surface area contributed by atoms with E-state index < -0.39 is 0 Å². The Balaban J connectivity index is 0. The minimum absolute atomic E-state index is 0.304. The number of nitrogens with two attached hydrogens (primary N) is 1. The molecule has 90 valence electrons. The molecule has 0 aliphatic rings. The van der Waals surface area contributed by atoms with Crippen LogP contribution in [0.25, 0.3) is 0 Å². The molecule has 0 saturated carbocycles. The number of ether oxygens (including phenoxy) is 1. The number of nitrogens with zero attached hydrogens (tertiary/aromatic N) is 1. The van der Waals surface area contributed by atoms with Crippen molar-refractivity contribution in [1.29, 1.82) is 0 Å². The van der Waals surface area contributed by atoms with Gasteiger partial charge >= 0.3 is 0 Å². The summed E-state index contributed by atoms with van der Waals surface area (Å²) in [4.78, 5) is 4.10. The smallest absolute Gasteiger partial charge is 0.139 e. The topological polar surface area (TPSA) is 47.6 Å². The standard InChI is InChI=1S/C8H14BrClN2O.C2H6/c1-8(2,13-3)5-12-7(10)6(9)4-11;1-2/h4H,5,11H2,1-3H3;1-2H3/b6-4+,12-7?;. The van der Waals surface area contributed by atoms with Gasteiger partial charge in [0.25, 0.3) is 0 Å². The number of halogens is 2. The van der Waals surface area contributed by atoms with Gasteiger partial charge in [-0.25, -0.2) is 0 Å². The molecule has 0 atom stereocenters. The molecule has 0 aliphatic carbocycles. The zero-order valence-electron chi connectivity index (χ0n) is 9.97. The Bertz CT molecular complexity index is 227. The molecule has 5 heteroatoms. The van der Waals surface area contributed by atoms with Crippen LogP contribution in [0.3, 0.4) is 0 Å². The van der Waals surface area contributed by atoms with E-state index in [0.717, 1.165) is 0 Å². The number of hydrogen-bond acceptors (Lipinski definition) is 3. The molecule has 0 aromatic rings. The predicted molar refractivity (Wildman–Crippen MR) is 71.8 cm³/mol. The summed E-state index contributed by atoms with van der Waals surface area (Å²) < 4.78 is 5.75. The van der Waals surface area contributed by atoms with Crippen molar-refractivity contribution in [3.8, 4) is 0 Å². The van der Waals surface area contributed by atoms with Crippen molar-refractivity contribution in [1.82, 2.24) is 0 Å². The number of hydrogen-bond donors (Lipinski definition) is 1. The SMILES string of the molecule is CC.COC(C)(C)CN=C(Cl)/C(Br)=C\N. The lowest BCUT2D eigenvalue weighted by atomic mass is 10.1. The summed E-state index contributed by atoms with van der Waals surface area (Å²) in [5.74, 6) is 0. The van der Waals surface area contributed by atoms with Gasteiger partial charge in [-0.2, -0.15) is 0 Å². The van der Waals surface area contributed by atoms with Gasteiger partial charge in [0.15, 0.2) is 0 Å². The van der Waals surface area contributed by atoms with Crippen LogP contribution in [-0.4, -0.2) is 24.4 Å². The van der Waals surface area contributed by atoms with E-state index in [2.05, 4.69) is 20.9 Å². The van der Waals surface area contributed by atoms with Crippen LogP contribution in [0.1, 0.15) is 27.7 Å². The summed E-state index contributed by atoms with van der Waals surface area (Å²) in [5, 5.41) is 0.354. The van der Waals surface area contributed by atoms with E-state index in [0.29, 0.717) is 16.2 Å². The second-order valence-corrected chi connectivity index (χ2v) is 4.30. The second kappa shape index (κ2) is 9.19. The Morgan fingerprint density at radius 3 is 2.33 bits per heavy atom. The number of allylic oxidation sites excluding steroid dienone is 1. The second-order valence-electron chi connectivity index (χ2n) is 3.09. The van der Waals surface area contributed by atoms with E-state index in [1.54, 1.807) is 7.11 Å². The third kappa shape index (κ3) is 8.90. The van der Waals surface area contributed by atoms with E-state index in [9.17, 15) is 0 Å². The average Bonchev–Trinajstić information content (AvgIpc) is 2.27. The lowest BCUT2D eigenvalue weighted by molar-refractivity contribution is 0.0312. The third-order valence-corrected chi connectivity index (χ3v) is 2.69. The van der Waals surface area contributed by atoms with Crippen LogP contribution >= 0.6 is 27.5 Å². The minimum atomic E-state index is -0.304. The fraction of sp³-hybridized carbons (Fsp3) is 0.700. The van der Waals surface area contributed by atoms with Gasteiger partial charge in [0.05, 0.1) is 16.6 Å². The van der Waals surface area contributed by atoms with Crippen LogP contribution in [0.15, 0.2) is 15.7 Å². The maximum atomic E-state index is 5.79. The van der Waals surface area contributed by atoms with Crippen molar-refractivity contribution in [3.63, 3.8) is 0 Å². The molecule has 0 radical (unpaired) electrons. The zero-order valence-corrected chi connectivity index (χ0v) is 12.3. The lowest BCUT2D eigenvalue weighted by Gasteiger charge is -2.19. The van der Waals surface area contributed by atoms with Crippen molar-refractivity contribution < 1.29 is 4.74 Å². The van der Waals surface area contributed by atoms with Crippen molar-refractivity contribution in [3.05, 3.63) is 10.7 Å². The van der Waals surface area contributed by atoms with E-state index in [1.807, 2.05) is 27.7 Å². The van der Waals surface area contributed by atoms with E-state index in [-0.39, 0.29) is 5.60 Å². The largest absolute Gasteiger partial charge is 0.404 e. The van der Waals surface area contributed by atoms with Crippen LogP contribution in [0.4, 0.5) is 0 Å². The molecule has 0 rings (SSSR count). The minimum Gasteiger partial charge on any atom is -0.404 e. The van der Waals surface area contributed by atoms with Crippen molar-refractivity contribution in [2.45, 2.75) is 33.3 Å². The highest BCUT2D eigenvalue weighted by Crippen LogP contribution is 2.13. The third-order valence-electron chi connectivity index (χ3n) is 1.49. The molecule has 0 unspecified atom stereocenters. The molecule has 0 aromatic heterocycles. The fourth-order valence-corrected chi connectivity index (χ4v) is 0.717. The van der Waals surface area contributed by atoms with Gasteiger partial charge in [0.2, 0.25) is 0 Å². The number of methoxy groups -OCH3 is 1. The Morgan fingerprint density at radius 2 is 2.00 bits per heavy atom. The summed E-state index contributed by atoms with van der Waals surface area (Å²) >= 11 is 8.96. The Morgan fingerprint density at radius 1 is 1.53 bits per heavy atom. The van der Waals surface area contributed by atoms with Gasteiger partial charge in [-0.05, 0) is 29.8 Å². The highest BCUT2D eigenvalue weighted by atomic mass is 79.9. The Kier molecular flexibility index (Phi) is 10.6. The highest BCUT2D eigenvalue weighted by molar-refractivity contribution is 9.12. The molecule has 0 saturated heterocycles. The van der Waals surface area contributed by atoms with Crippen LogP contribution < -0.4 is 5.73 Å². The van der Waals surface area contributed by atoms with Crippen molar-refractivity contribution in [2.24, 2.45) is 10.7 Å². The molecule has 0 aromatic carbocycles. The average molecular weight is 300 g/mol. The van der Waals surface area contributed by atoms with Gasteiger partial charge in [0.1, 0.15) is 5.17 Å². The molecule has 0 fully saturated rings. The molecular weight excluding hydrogens is 279 g/mol. The van der Waals surface area contributed by atoms with Gasteiger partial charge < -0.3 is 10.5 Å². The molecular formula is C10H20BrClN2O. The Hall–Kier alpha value is -0.0600. The summed E-state index contributed by atoms with van der Waals surface area (Å²) in [6.45, 7) is 8.35. The number of aliphatic imine (C=N–C) groups is 1. The quantitative estimate of drug-likeness (QED) is 0.810. The van der Waals surface area contributed by atoms with Gasteiger partial charge in [-0.15, -0.1) is 0 Å². The lowest BCUT2D eigenvalue weighted by Crippen LogP contribution is -2.26. The van der Waals surface area contributed by atoms with Crippen molar-refractivity contribution in [2.75, 3.05) is 13.7 Å². The maximum Gasteiger partial charge on any atom is 0.139 e. The summed E-state index contributed by atoms with van der Waals surface area (Å²) in [5.41, 5.74) is 4.94. The molecule has 2 N–H and O–H groups in total. The first kappa shape index (κ1) is 17.3. The zero-order chi connectivity index (χ0) is 12.5. The van der Waals surface area contributed by atoms with E-state index in [1.165, 1.54) is 6.20 Å². The molecule has 0 bridgehead atoms. The first-order chi connectivity index (χ1) is 6.93. The molecule has 0 aliphatic heterocycles. The van der Waals surface area contributed by atoms with Crippen LogP contribution in [0.5, 0.6) is 0 Å². The maximum absolute atomic E-state index is 5.79. The molecule has 15 heavy (non-hydrogen) atoms. The summed E-state index contributed by atoms with van der Waals surface area (Å²) in [6, 6.07) is 0. The van der Waals surface area contributed by atoms with E-state index >= 15 is 0 Å². The molecule has 0 spiro atoms. The van der Waals surface area contributed by atoms with Gasteiger partial charge in [-0.1, -0.05) is 25.4 Å². The predicted octanol–water partition coefficient (Wildman–Crippen LogP) is 3.27. The van der Waals surface area contributed by atoms with Gasteiger partial charge in [0, 0.05) is 13.3 Å². The van der Waals surface area contributed by atoms with Gasteiger partial charge in [-0.3, -0.25) is 4.99 Å². The molecule has 0 heterocycles. The number of rotatable bonds is 4. The highest BCUT2D eigenvalue weighted by Gasteiger charge is 2.15. The molecule has 0 amide bonds. The first-order valence-electron chi connectivity index (χ1n) is 4.76. The normalized spacial score (nSPS) is 13.3. The summed E-state index contributed by atoms with van der Waals surface area (Å²) in [7, 11) is 1.64. The van der Waals surface area contributed by atoms with Crippen LogP contribution in [0, 0.1) is 0 Å². The van der Waals surface area contributed by atoms with Crippen LogP contribution in [0.2, 0.25) is 0 Å². The van der Waals surface area contributed by atoms with Crippen LogP contribution in [-0.2, 0) is 4.74 Å². The first-order valence-corrected chi connectivity index (χ1v) is 5.93. The summed E-state index contributed by atoms with van der Waals surface area (Å²) in [6.07, 6.45) is 1.35. The van der Waals surface area contributed by atoms with E-state index in [4.69, 9.17) is 22.1 Å². The fourth-order valence-electron chi connectivity index (χ4n) is 0.469. The molecule has 3 nitrogen and oxygen atoms in total.